The van der Waals surface area contributed by atoms with Crippen LogP contribution in [0.1, 0.15) is 36.8 Å². The van der Waals surface area contributed by atoms with E-state index in [1.807, 2.05) is 24.3 Å². The minimum Gasteiger partial charge on any atom is -0.481 e. The second kappa shape index (κ2) is 9.69. The van der Waals surface area contributed by atoms with E-state index in [0.29, 0.717) is 6.42 Å². The van der Waals surface area contributed by atoms with Gasteiger partial charge in [0, 0.05) is 12.5 Å². The van der Waals surface area contributed by atoms with Crippen LogP contribution in [0.15, 0.2) is 60.7 Å². The van der Waals surface area contributed by atoms with Crippen molar-refractivity contribution in [3.05, 3.63) is 71.8 Å². The highest BCUT2D eigenvalue weighted by molar-refractivity contribution is 5.82. The molecule has 8 nitrogen and oxygen atoms in total. The topological polar surface area (TPSA) is 125 Å². The Morgan fingerprint density at radius 1 is 1.03 bits per heavy atom. The molecule has 3 unspecified atom stereocenters. The van der Waals surface area contributed by atoms with Crippen LogP contribution in [0.3, 0.4) is 0 Å². The van der Waals surface area contributed by atoms with Gasteiger partial charge >= 0.3 is 12.1 Å². The van der Waals surface area contributed by atoms with Crippen molar-refractivity contribution in [2.75, 3.05) is 13.2 Å². The molecule has 4 N–H and O–H groups in total. The number of carbonyl (C=O) groups is 3. The van der Waals surface area contributed by atoms with Crippen molar-refractivity contribution in [2.24, 2.45) is 5.92 Å². The quantitative estimate of drug-likeness (QED) is 0.445. The summed E-state index contributed by atoms with van der Waals surface area (Å²) in [7, 11) is 0. The van der Waals surface area contributed by atoms with E-state index in [0.717, 1.165) is 22.3 Å². The Labute approximate surface area is 197 Å². The van der Waals surface area contributed by atoms with Gasteiger partial charge in [-0.1, -0.05) is 60.7 Å². The summed E-state index contributed by atoms with van der Waals surface area (Å²) >= 11 is 0. The number of carboxylic acids is 1. The maximum atomic E-state index is 12.5. The van der Waals surface area contributed by atoms with Gasteiger partial charge in [-0.25, -0.2) is 4.79 Å². The van der Waals surface area contributed by atoms with Crippen molar-refractivity contribution in [2.45, 2.75) is 37.3 Å². The first-order valence-electron chi connectivity index (χ1n) is 11.3. The monoisotopic (exact) mass is 464 g/mol. The summed E-state index contributed by atoms with van der Waals surface area (Å²) in [5.41, 5.74) is 3.03. The van der Waals surface area contributed by atoms with Crippen LogP contribution in [-0.2, 0) is 14.3 Å². The fraction of sp³-hybridized carbons (Fsp3) is 0.346. The zero-order valence-corrected chi connectivity index (χ0v) is 18.9. The first-order valence-corrected chi connectivity index (χ1v) is 11.3. The Hall–Kier alpha value is -3.65. The standard InChI is InChI=1S/C26H28N2O6/c1-26(33,13-23(29)30)15-27-24(31)16-10-11-17(12-16)28-25(32)34-14-22-20-8-4-2-6-18(20)19-7-3-5-9-21(19)22/h2-11,16-17,22,33H,12-15H2,1H3,(H,27,31)(H,28,32)(H,29,30). The second-order valence-corrected chi connectivity index (χ2v) is 9.09. The third kappa shape index (κ3) is 5.28. The van der Waals surface area contributed by atoms with Crippen molar-refractivity contribution in [1.29, 1.82) is 0 Å². The molecule has 2 aliphatic carbocycles. The van der Waals surface area contributed by atoms with E-state index in [-0.39, 0.29) is 31.0 Å². The lowest BCUT2D eigenvalue weighted by molar-refractivity contribution is -0.142. The number of aliphatic carboxylic acids is 1. The highest BCUT2D eigenvalue weighted by atomic mass is 16.5. The normalized spacial score (nSPS) is 20.2. The maximum Gasteiger partial charge on any atom is 0.407 e. The summed E-state index contributed by atoms with van der Waals surface area (Å²) in [6, 6.07) is 15.9. The molecule has 8 heteroatoms. The second-order valence-electron chi connectivity index (χ2n) is 9.09. The third-order valence-corrected chi connectivity index (χ3v) is 6.24. The summed E-state index contributed by atoms with van der Waals surface area (Å²) in [4.78, 5) is 35.6. The summed E-state index contributed by atoms with van der Waals surface area (Å²) in [5, 5.41) is 24.2. The summed E-state index contributed by atoms with van der Waals surface area (Å²) in [5.74, 6) is -2.00. The molecule has 0 aromatic heterocycles. The molecule has 2 aromatic rings. The van der Waals surface area contributed by atoms with Crippen LogP contribution in [0.25, 0.3) is 11.1 Å². The Bertz CT molecular complexity index is 1080. The number of ether oxygens (including phenoxy) is 1. The van der Waals surface area contributed by atoms with Gasteiger partial charge in [-0.15, -0.1) is 0 Å². The number of carbonyl (C=O) groups excluding carboxylic acids is 2. The number of rotatable bonds is 8. The van der Waals surface area contributed by atoms with Crippen LogP contribution < -0.4 is 10.6 Å². The molecule has 0 saturated heterocycles. The Balaban J connectivity index is 1.26. The Morgan fingerprint density at radius 2 is 1.65 bits per heavy atom. The van der Waals surface area contributed by atoms with Gasteiger partial charge in [-0.2, -0.15) is 0 Å². The first-order chi connectivity index (χ1) is 16.2. The van der Waals surface area contributed by atoms with Crippen LogP contribution in [-0.4, -0.2) is 53.0 Å². The fourth-order valence-corrected chi connectivity index (χ4v) is 4.59. The molecule has 0 heterocycles. The number of fused-ring (bicyclic) bond motifs is 3. The fourth-order valence-electron chi connectivity index (χ4n) is 4.59. The molecule has 0 aliphatic heterocycles. The summed E-state index contributed by atoms with van der Waals surface area (Å²) in [6.07, 6.45) is 2.76. The molecule has 0 fully saturated rings. The van der Waals surface area contributed by atoms with E-state index in [1.165, 1.54) is 6.92 Å². The van der Waals surface area contributed by atoms with Crippen LogP contribution in [0.5, 0.6) is 0 Å². The Kier molecular flexibility index (Phi) is 6.70. The lowest BCUT2D eigenvalue weighted by Gasteiger charge is -2.22. The lowest BCUT2D eigenvalue weighted by Crippen LogP contribution is -2.44. The van der Waals surface area contributed by atoms with Gasteiger partial charge in [0.15, 0.2) is 0 Å². The average Bonchev–Trinajstić information content (AvgIpc) is 3.38. The molecular weight excluding hydrogens is 436 g/mol. The average molecular weight is 465 g/mol. The molecule has 0 saturated carbocycles. The molecule has 2 aliphatic rings. The highest BCUT2D eigenvalue weighted by Crippen LogP contribution is 2.44. The van der Waals surface area contributed by atoms with Gasteiger partial charge in [0.25, 0.3) is 0 Å². The number of nitrogens with one attached hydrogen (secondary N) is 2. The van der Waals surface area contributed by atoms with Crippen LogP contribution in [0, 0.1) is 5.92 Å². The van der Waals surface area contributed by atoms with Gasteiger partial charge in [0.05, 0.1) is 24.0 Å². The minimum absolute atomic E-state index is 0.0330. The zero-order valence-electron chi connectivity index (χ0n) is 18.9. The molecule has 2 aromatic carbocycles. The number of benzene rings is 2. The summed E-state index contributed by atoms with van der Waals surface area (Å²) < 4.78 is 5.55. The predicted octanol–water partition coefficient (Wildman–Crippen LogP) is 2.81. The van der Waals surface area contributed by atoms with E-state index in [2.05, 4.69) is 34.9 Å². The summed E-state index contributed by atoms with van der Waals surface area (Å²) in [6.45, 7) is 1.39. The van der Waals surface area contributed by atoms with Crippen molar-refractivity contribution in [1.82, 2.24) is 10.6 Å². The van der Waals surface area contributed by atoms with Gasteiger partial charge in [0.1, 0.15) is 6.61 Å². The predicted molar refractivity (Wildman–Crippen MR) is 125 cm³/mol. The molecular formula is C26H28N2O6. The van der Waals surface area contributed by atoms with E-state index >= 15 is 0 Å². The molecule has 3 atom stereocenters. The molecule has 178 valence electrons. The van der Waals surface area contributed by atoms with Crippen LogP contribution in [0.4, 0.5) is 4.79 Å². The van der Waals surface area contributed by atoms with Crippen LogP contribution in [0.2, 0.25) is 0 Å². The van der Waals surface area contributed by atoms with Crippen molar-refractivity contribution in [3.8, 4) is 11.1 Å². The van der Waals surface area contributed by atoms with E-state index in [9.17, 15) is 19.5 Å². The number of hydrogen-bond donors (Lipinski definition) is 4. The first kappa shape index (κ1) is 23.5. The maximum absolute atomic E-state index is 12.5. The molecule has 2 amide bonds. The minimum atomic E-state index is -1.54. The number of alkyl carbamates (subject to hydrolysis) is 1. The lowest BCUT2D eigenvalue weighted by atomic mass is 9.98. The number of carboxylic acid groups (broad SMARTS) is 1. The largest absolute Gasteiger partial charge is 0.481 e. The number of aliphatic hydroxyl groups is 1. The van der Waals surface area contributed by atoms with Gasteiger partial charge < -0.3 is 25.6 Å². The van der Waals surface area contributed by atoms with Crippen molar-refractivity contribution in [3.63, 3.8) is 0 Å². The Morgan fingerprint density at radius 3 is 2.26 bits per heavy atom. The van der Waals surface area contributed by atoms with Crippen molar-refractivity contribution < 1.29 is 29.3 Å². The van der Waals surface area contributed by atoms with Gasteiger partial charge in [0.2, 0.25) is 5.91 Å². The van der Waals surface area contributed by atoms with Gasteiger partial charge in [-0.05, 0) is 35.6 Å². The van der Waals surface area contributed by atoms with E-state index < -0.39 is 30.0 Å². The van der Waals surface area contributed by atoms with Crippen LogP contribution >= 0.6 is 0 Å². The SMILES string of the molecule is CC(O)(CNC(=O)C1C=CC(NC(=O)OCC2c3ccccc3-c3ccccc32)C1)CC(=O)O. The third-order valence-electron chi connectivity index (χ3n) is 6.24. The number of amides is 2. The molecule has 0 radical (unpaired) electrons. The highest BCUT2D eigenvalue weighted by Gasteiger charge is 2.31. The van der Waals surface area contributed by atoms with E-state index in [4.69, 9.17) is 9.84 Å². The zero-order chi connectivity index (χ0) is 24.3. The molecule has 34 heavy (non-hydrogen) atoms. The smallest absolute Gasteiger partial charge is 0.407 e. The number of hydrogen-bond acceptors (Lipinski definition) is 5. The molecule has 0 spiro atoms. The molecule has 4 rings (SSSR count). The molecule has 0 bridgehead atoms. The van der Waals surface area contributed by atoms with Crippen molar-refractivity contribution >= 4 is 18.0 Å². The van der Waals surface area contributed by atoms with E-state index in [1.54, 1.807) is 12.2 Å². The van der Waals surface area contributed by atoms with Gasteiger partial charge in [-0.3, -0.25) is 9.59 Å².